The van der Waals surface area contributed by atoms with E-state index in [0.717, 1.165) is 12.1 Å². The fourth-order valence-electron chi connectivity index (χ4n) is 6.42. The van der Waals surface area contributed by atoms with Crippen LogP contribution in [0.3, 0.4) is 0 Å². The van der Waals surface area contributed by atoms with Crippen molar-refractivity contribution in [2.24, 2.45) is 0 Å². The number of nitriles is 2. The minimum atomic E-state index is -0.752. The maximum Gasteiger partial charge on any atom is 0.410 e. The van der Waals surface area contributed by atoms with E-state index in [1.807, 2.05) is 11.0 Å². The second-order valence-electron chi connectivity index (χ2n) is 12.3. The number of amides is 2. The summed E-state index contributed by atoms with van der Waals surface area (Å²) in [5.74, 6) is -2.20. The van der Waals surface area contributed by atoms with Crippen molar-refractivity contribution in [3.05, 3.63) is 94.1 Å². The molecule has 242 valence electrons. The lowest BCUT2D eigenvalue weighted by molar-refractivity contribution is -0.00165. The van der Waals surface area contributed by atoms with Crippen molar-refractivity contribution in [2.45, 2.75) is 50.4 Å². The number of benzene rings is 2. The summed E-state index contributed by atoms with van der Waals surface area (Å²) >= 11 is 0. The molecule has 0 bridgehead atoms. The molecule has 13 heteroatoms. The predicted molar refractivity (Wildman–Crippen MR) is 163 cm³/mol. The van der Waals surface area contributed by atoms with E-state index in [1.165, 1.54) is 18.3 Å². The zero-order valence-electron chi connectivity index (χ0n) is 25.5. The molecule has 0 atom stereocenters. The molecule has 3 fully saturated rings. The highest BCUT2D eigenvalue weighted by Crippen LogP contribution is 2.35. The first kappa shape index (κ1) is 31.8. The predicted octanol–water partition coefficient (Wildman–Crippen LogP) is 4.95. The second-order valence-corrected chi connectivity index (χ2v) is 12.3. The van der Waals surface area contributed by atoms with Crippen LogP contribution in [0.1, 0.15) is 58.4 Å². The summed E-state index contributed by atoms with van der Waals surface area (Å²) in [4.78, 5) is 35.6. The number of anilines is 1. The molecule has 3 aliphatic heterocycles. The Hall–Kier alpha value is -5.14. The van der Waals surface area contributed by atoms with Crippen molar-refractivity contribution in [1.29, 1.82) is 10.5 Å². The minimum Gasteiger partial charge on any atom is -0.441 e. The number of ether oxygens (including phenoxy) is 1. The molecule has 1 spiro atoms. The first-order chi connectivity index (χ1) is 22.6. The third kappa shape index (κ3) is 7.00. The van der Waals surface area contributed by atoms with Gasteiger partial charge in [0.15, 0.2) is 0 Å². The van der Waals surface area contributed by atoms with Crippen LogP contribution in [0, 0.1) is 40.1 Å². The number of aromatic nitrogens is 1. The highest BCUT2D eigenvalue weighted by atomic mass is 19.1. The van der Waals surface area contributed by atoms with Gasteiger partial charge in [-0.1, -0.05) is 0 Å². The molecule has 0 aliphatic carbocycles. The number of hydrogen-bond acceptors (Lipinski definition) is 8. The number of carbonyl (C=O) groups excluding carboxylic acids is 2. The van der Waals surface area contributed by atoms with Crippen molar-refractivity contribution in [3.63, 3.8) is 0 Å². The third-order valence-corrected chi connectivity index (χ3v) is 9.12. The van der Waals surface area contributed by atoms with E-state index in [9.17, 15) is 22.8 Å². The lowest BCUT2D eigenvalue weighted by Gasteiger charge is -2.37. The number of pyridine rings is 1. The summed E-state index contributed by atoms with van der Waals surface area (Å²) < 4.78 is 48.2. The van der Waals surface area contributed by atoms with Gasteiger partial charge in [-0.15, -0.1) is 0 Å². The molecule has 6 rings (SSSR count). The first-order valence-corrected chi connectivity index (χ1v) is 15.4. The monoisotopic (exact) mass is 643 g/mol. The van der Waals surface area contributed by atoms with E-state index >= 15 is 0 Å². The smallest absolute Gasteiger partial charge is 0.410 e. The van der Waals surface area contributed by atoms with Crippen LogP contribution in [0.5, 0.6) is 0 Å². The van der Waals surface area contributed by atoms with Crippen LogP contribution in [0.15, 0.2) is 48.7 Å². The zero-order valence-corrected chi connectivity index (χ0v) is 25.5. The number of likely N-dealkylation sites (tertiary alicyclic amines) is 2. The molecule has 0 radical (unpaired) electrons. The van der Waals surface area contributed by atoms with Crippen LogP contribution < -0.4 is 5.32 Å². The molecular formula is C34H32F3N7O3. The number of piperidine rings is 2. The normalized spacial score (nSPS) is 18.1. The molecule has 3 saturated heterocycles. The van der Waals surface area contributed by atoms with Crippen molar-refractivity contribution < 1.29 is 27.5 Å². The number of nitrogens with one attached hydrogen (secondary N) is 1. The van der Waals surface area contributed by atoms with E-state index < -0.39 is 29.1 Å². The van der Waals surface area contributed by atoms with Gasteiger partial charge >= 0.3 is 6.09 Å². The van der Waals surface area contributed by atoms with E-state index in [0.29, 0.717) is 75.4 Å². The van der Waals surface area contributed by atoms with Gasteiger partial charge in [0.1, 0.15) is 29.1 Å². The van der Waals surface area contributed by atoms with Gasteiger partial charge in [-0.3, -0.25) is 19.6 Å². The molecule has 0 saturated carbocycles. The van der Waals surface area contributed by atoms with Crippen molar-refractivity contribution in [3.8, 4) is 12.1 Å². The summed E-state index contributed by atoms with van der Waals surface area (Å²) in [6.07, 6.45) is 3.46. The quantitative estimate of drug-likeness (QED) is 0.384. The lowest BCUT2D eigenvalue weighted by atomic mass is 9.91. The molecule has 2 aromatic carbocycles. The molecule has 10 nitrogen and oxygen atoms in total. The summed E-state index contributed by atoms with van der Waals surface area (Å²) in [6.45, 7) is 2.66. The largest absolute Gasteiger partial charge is 0.441 e. The molecule has 2 amide bonds. The number of hydrogen-bond donors (Lipinski definition) is 1. The number of nitrogens with zero attached hydrogens (tertiary/aromatic N) is 6. The van der Waals surface area contributed by atoms with Crippen LogP contribution in [-0.4, -0.2) is 76.1 Å². The van der Waals surface area contributed by atoms with Gasteiger partial charge in [-0.05, 0) is 55.3 Å². The molecule has 47 heavy (non-hydrogen) atoms. The Morgan fingerprint density at radius 3 is 2.32 bits per heavy atom. The Morgan fingerprint density at radius 1 is 0.957 bits per heavy atom. The summed E-state index contributed by atoms with van der Waals surface area (Å²) in [5.41, 5.74) is 0.854. The lowest BCUT2D eigenvalue weighted by Crippen LogP contribution is -2.46. The van der Waals surface area contributed by atoms with Gasteiger partial charge in [0.2, 0.25) is 0 Å². The summed E-state index contributed by atoms with van der Waals surface area (Å²) in [6, 6.07) is 13.5. The standard InChI is InChI=1S/C34H32F3N7O3/c35-29-4-3-26(15-24(29)17-39)41-25-5-9-43(10-6-25)32(45)23-1-2-27(40-18-23)19-44-21-34(47-33(44)46)7-11-42(12-8-34)20-28-30(36)13-22(16-38)14-31(28)37/h1-4,13-15,18,25,41H,5-12,19-21H2. The Balaban J connectivity index is 0.977. The summed E-state index contributed by atoms with van der Waals surface area (Å²) in [5, 5.41) is 21.3. The van der Waals surface area contributed by atoms with Crippen LogP contribution in [0.25, 0.3) is 0 Å². The first-order valence-electron chi connectivity index (χ1n) is 15.4. The van der Waals surface area contributed by atoms with Gasteiger partial charge in [0, 0.05) is 69.1 Å². The SMILES string of the molecule is N#Cc1cc(F)c(CN2CCC3(CC2)CN(Cc2ccc(C(=O)N4CCC(Nc5ccc(F)c(C#N)c5)CC4)cn2)C(=O)O3)c(F)c1. The Morgan fingerprint density at radius 2 is 1.68 bits per heavy atom. The topological polar surface area (TPSA) is 126 Å². The molecule has 0 unspecified atom stereocenters. The van der Waals surface area contributed by atoms with Crippen molar-refractivity contribution in [1.82, 2.24) is 19.7 Å². The second kappa shape index (κ2) is 13.3. The van der Waals surface area contributed by atoms with Crippen LogP contribution in [-0.2, 0) is 17.8 Å². The molecule has 3 aromatic rings. The van der Waals surface area contributed by atoms with E-state index in [4.69, 9.17) is 15.3 Å². The van der Waals surface area contributed by atoms with E-state index in [2.05, 4.69) is 10.3 Å². The third-order valence-electron chi connectivity index (χ3n) is 9.12. The Kier molecular flexibility index (Phi) is 9.01. The van der Waals surface area contributed by atoms with Gasteiger partial charge in [0.05, 0.1) is 41.5 Å². The number of carbonyl (C=O) groups is 2. The van der Waals surface area contributed by atoms with Gasteiger partial charge < -0.3 is 15.0 Å². The molecule has 1 N–H and O–H groups in total. The van der Waals surface area contributed by atoms with Gasteiger partial charge in [-0.25, -0.2) is 18.0 Å². The highest BCUT2D eigenvalue weighted by molar-refractivity contribution is 5.94. The highest BCUT2D eigenvalue weighted by Gasteiger charge is 2.47. The fourth-order valence-corrected chi connectivity index (χ4v) is 6.42. The maximum atomic E-state index is 14.4. The van der Waals surface area contributed by atoms with Crippen LogP contribution in [0.4, 0.5) is 23.7 Å². The molecule has 1 aromatic heterocycles. The molecule has 4 heterocycles. The van der Waals surface area contributed by atoms with Crippen LogP contribution in [0.2, 0.25) is 0 Å². The minimum absolute atomic E-state index is 0.0185. The number of halogens is 3. The molecule has 3 aliphatic rings. The average Bonchev–Trinajstić information content (AvgIpc) is 3.38. The maximum absolute atomic E-state index is 14.4. The Bertz CT molecular complexity index is 1730. The Labute approximate surface area is 269 Å². The summed E-state index contributed by atoms with van der Waals surface area (Å²) in [7, 11) is 0. The van der Waals surface area contributed by atoms with Gasteiger partial charge in [0.25, 0.3) is 5.91 Å². The van der Waals surface area contributed by atoms with E-state index in [-0.39, 0.29) is 41.7 Å². The fraction of sp³-hybridized carbons (Fsp3) is 0.382. The van der Waals surface area contributed by atoms with Crippen molar-refractivity contribution >= 4 is 17.7 Å². The van der Waals surface area contributed by atoms with Crippen LogP contribution >= 0.6 is 0 Å². The van der Waals surface area contributed by atoms with E-state index in [1.54, 1.807) is 34.1 Å². The van der Waals surface area contributed by atoms with Crippen molar-refractivity contribution in [2.75, 3.05) is 38.0 Å². The van der Waals surface area contributed by atoms with Gasteiger partial charge in [-0.2, -0.15) is 10.5 Å². The zero-order chi connectivity index (χ0) is 33.1. The number of rotatable bonds is 7. The average molecular weight is 644 g/mol. The molecular weight excluding hydrogens is 611 g/mol.